The fourth-order valence-corrected chi connectivity index (χ4v) is 12.4. The molecule has 4 aromatic carbocycles. The molecule has 53 heavy (non-hydrogen) atoms. The molecule has 3 amide bonds. The molecule has 0 aromatic heterocycles. The van der Waals surface area contributed by atoms with Gasteiger partial charge in [0.05, 0.1) is 6.16 Å². The van der Waals surface area contributed by atoms with E-state index in [1.165, 1.54) is 28.8 Å². The third-order valence-corrected chi connectivity index (χ3v) is 14.6. The summed E-state index contributed by atoms with van der Waals surface area (Å²) in [5.41, 5.74) is -0.251. The number of nitrogens with one attached hydrogen (secondary N) is 2. The highest BCUT2D eigenvalue weighted by molar-refractivity contribution is 14.0. The lowest BCUT2D eigenvalue weighted by Crippen LogP contribution is -2.71. The number of halogens is 1. The van der Waals surface area contributed by atoms with E-state index in [0.717, 1.165) is 22.0 Å². The number of amides is 3. The van der Waals surface area contributed by atoms with Crippen molar-refractivity contribution in [1.29, 1.82) is 0 Å². The van der Waals surface area contributed by atoms with Crippen molar-refractivity contribution in [1.82, 2.24) is 15.5 Å². The van der Waals surface area contributed by atoms with Gasteiger partial charge < -0.3 is 30.7 Å². The van der Waals surface area contributed by atoms with Crippen LogP contribution in [-0.2, 0) is 19.1 Å². The highest BCUT2D eigenvalue weighted by Crippen LogP contribution is 2.58. The Morgan fingerprint density at radius 2 is 1.40 bits per heavy atom. The van der Waals surface area contributed by atoms with E-state index in [4.69, 9.17) is 4.74 Å². The highest BCUT2D eigenvalue weighted by atomic mass is 127. The maximum absolute atomic E-state index is 13.9. The van der Waals surface area contributed by atoms with Gasteiger partial charge in [-0.2, -0.15) is 0 Å². The van der Waals surface area contributed by atoms with Crippen molar-refractivity contribution in [2.75, 3.05) is 11.9 Å². The lowest BCUT2D eigenvalue weighted by Gasteiger charge is -2.49. The topological polar surface area (TPSA) is 166 Å². The van der Waals surface area contributed by atoms with Crippen LogP contribution in [0.5, 0.6) is 11.5 Å². The van der Waals surface area contributed by atoms with Crippen LogP contribution in [0, 0.1) is 0 Å². The number of β-lactam (4-membered cyclic amide) rings is 1. The maximum atomic E-state index is 13.9. The Kier molecular flexibility index (Phi) is 12.1. The number of rotatable bonds is 10. The lowest BCUT2D eigenvalue weighted by molar-refractivity contribution is -0.151. The Bertz CT molecular complexity index is 1930. The molecule has 2 heterocycles. The Hall–Kier alpha value is -4.59. The first-order valence-corrected chi connectivity index (χ1v) is 19.6. The molecule has 1 fully saturated rings. The number of nitrogens with zero attached hydrogens (tertiary/aromatic N) is 1. The summed E-state index contributed by atoms with van der Waals surface area (Å²) in [7, 11) is -2.49. The number of carboxylic acid groups (broad SMARTS) is 1. The smallest absolute Gasteiger partial charge is 0.408 e. The zero-order valence-corrected chi connectivity index (χ0v) is 33.2. The molecule has 6 rings (SSSR count). The van der Waals surface area contributed by atoms with E-state index >= 15 is 0 Å². The van der Waals surface area contributed by atoms with Crippen LogP contribution in [0.3, 0.4) is 0 Å². The van der Waals surface area contributed by atoms with E-state index in [2.05, 4.69) is 47.0 Å². The first-order valence-electron chi connectivity index (χ1n) is 16.6. The van der Waals surface area contributed by atoms with E-state index in [0.29, 0.717) is 17.5 Å². The Morgan fingerprint density at radius 3 is 1.87 bits per heavy atom. The molecule has 2 aliphatic rings. The zero-order valence-electron chi connectivity index (χ0n) is 29.1. The summed E-state index contributed by atoms with van der Waals surface area (Å²) in [6.45, 7) is 4.97. The van der Waals surface area contributed by atoms with Crippen LogP contribution < -0.4 is 26.5 Å². The van der Waals surface area contributed by atoms with Crippen LogP contribution in [0.1, 0.15) is 32.4 Å². The molecule has 0 bridgehead atoms. The first-order chi connectivity index (χ1) is 24.8. The number of thioether (sulfide) groups is 1. The summed E-state index contributed by atoms with van der Waals surface area (Å²) in [5, 5.41) is 38.3. The highest BCUT2D eigenvalue weighted by Gasteiger charge is 2.56. The predicted molar refractivity (Wildman–Crippen MR) is 217 cm³/mol. The third-order valence-electron chi connectivity index (χ3n) is 8.82. The second-order valence-corrected chi connectivity index (χ2v) is 18.0. The van der Waals surface area contributed by atoms with Crippen molar-refractivity contribution in [3.63, 3.8) is 0 Å². The number of carbonyl (C=O) groups is 4. The van der Waals surface area contributed by atoms with Gasteiger partial charge in [0.25, 0.3) is 5.91 Å². The summed E-state index contributed by atoms with van der Waals surface area (Å²) in [4.78, 5) is 54.7. The van der Waals surface area contributed by atoms with Crippen LogP contribution in [0.25, 0.3) is 0 Å². The van der Waals surface area contributed by atoms with Gasteiger partial charge in [0.1, 0.15) is 51.9 Å². The van der Waals surface area contributed by atoms with Crippen LogP contribution in [0.15, 0.2) is 120 Å². The predicted octanol–water partition coefficient (Wildman–Crippen LogP) is 5.01. The monoisotopic (exact) mass is 868 g/mol. The van der Waals surface area contributed by atoms with Crippen LogP contribution in [0.2, 0.25) is 0 Å². The van der Waals surface area contributed by atoms with Crippen molar-refractivity contribution in [2.24, 2.45) is 0 Å². The number of carbonyl (C=O) groups excluding carboxylic acids is 3. The van der Waals surface area contributed by atoms with E-state index < -0.39 is 65.7 Å². The van der Waals surface area contributed by atoms with Crippen LogP contribution in [-0.4, -0.2) is 73.0 Å². The van der Waals surface area contributed by atoms with Crippen molar-refractivity contribution < 1.29 is 39.2 Å². The van der Waals surface area contributed by atoms with E-state index in [1.54, 1.807) is 20.8 Å². The number of hydrogen-bond donors (Lipinski definition) is 5. The van der Waals surface area contributed by atoms with Gasteiger partial charge in [0, 0.05) is 11.3 Å². The summed E-state index contributed by atoms with van der Waals surface area (Å²) < 4.78 is 5.34. The average Bonchev–Trinajstić information content (AvgIpc) is 3.13. The molecule has 14 heteroatoms. The molecular weight excluding hydrogens is 828 g/mol. The summed E-state index contributed by atoms with van der Waals surface area (Å²) in [5.74, 6) is -3.28. The maximum Gasteiger partial charge on any atom is 0.408 e. The molecule has 0 spiro atoms. The van der Waals surface area contributed by atoms with Gasteiger partial charge in [0.2, 0.25) is 5.91 Å². The van der Waals surface area contributed by atoms with Crippen molar-refractivity contribution in [3.8, 4) is 11.5 Å². The average molecular weight is 869 g/mol. The SMILES string of the molecule is CC(C)(C)OC(=O)NC(C(=O)N[C@@H]1C(=O)N2C(C(=O)O)=C(C[P+](c3ccccc3)(c3ccccc3)c3ccccc3)CS[C@@H]12)c1ccc(O)c(O)c1.I. The standard InChI is InChI=1S/C39H38N3O8PS.HI/c1-39(2,3)50-38(49)41-31(24-19-20-29(43)30(44)21-24)34(45)40-32-35(46)42-33(37(47)48)25(23-52-36(32)42)22-51(26-13-7-4-8-14-26,27-15-9-5-10-16-27)28-17-11-6-12-18-28;/h4-21,31-32,36H,22-23H2,1-3H3,(H4-,40,41,43,44,45,47,48,49);1H/p+1/t31?,32-,36+;/m1./s1. The number of benzene rings is 4. The van der Waals surface area contributed by atoms with Gasteiger partial charge >= 0.3 is 12.1 Å². The number of hydrogen-bond acceptors (Lipinski definition) is 8. The zero-order chi connectivity index (χ0) is 37.2. The third kappa shape index (κ3) is 8.17. The van der Waals surface area contributed by atoms with Gasteiger partial charge in [-0.25, -0.2) is 9.59 Å². The number of carboxylic acids is 1. The minimum atomic E-state index is -2.49. The molecule has 3 atom stereocenters. The molecule has 0 saturated carbocycles. The van der Waals surface area contributed by atoms with E-state index in [9.17, 15) is 34.5 Å². The quantitative estimate of drug-likeness (QED) is 0.0638. The number of alkyl carbamates (subject to hydrolysis) is 1. The summed E-state index contributed by atoms with van der Waals surface area (Å²) >= 11 is 1.36. The minimum absolute atomic E-state index is 0. The number of phenols is 2. The second-order valence-electron chi connectivity index (χ2n) is 13.5. The number of fused-ring (bicyclic) bond motifs is 1. The molecule has 2 aliphatic heterocycles. The molecule has 276 valence electrons. The van der Waals surface area contributed by atoms with E-state index in [-0.39, 0.29) is 35.2 Å². The number of aromatic hydroxyl groups is 2. The summed E-state index contributed by atoms with van der Waals surface area (Å²) in [6, 6.07) is 31.3. The van der Waals surface area contributed by atoms with Crippen molar-refractivity contribution in [3.05, 3.63) is 126 Å². The number of aliphatic carboxylic acids is 1. The molecule has 0 aliphatic carbocycles. The number of phenolic OH excluding ortho intramolecular Hbond substituents is 2. The van der Waals surface area contributed by atoms with Gasteiger partial charge in [-0.3, -0.25) is 14.5 Å². The fourth-order valence-electron chi connectivity index (χ4n) is 6.54. The number of ether oxygens (including phenoxy) is 1. The molecule has 11 nitrogen and oxygen atoms in total. The Morgan fingerprint density at radius 1 is 0.868 bits per heavy atom. The van der Waals surface area contributed by atoms with E-state index in [1.807, 2.05) is 54.6 Å². The molecule has 5 N–H and O–H groups in total. The minimum Gasteiger partial charge on any atom is -0.504 e. The molecular formula is C39H40IN3O8PS+. The molecule has 1 saturated heterocycles. The van der Waals surface area contributed by atoms with Crippen LogP contribution >= 0.6 is 43.0 Å². The van der Waals surface area contributed by atoms with Gasteiger partial charge in [0.15, 0.2) is 11.5 Å². The molecule has 0 radical (unpaired) electrons. The fraction of sp³-hybridized carbons (Fsp3) is 0.231. The largest absolute Gasteiger partial charge is 0.504 e. The summed E-state index contributed by atoms with van der Waals surface area (Å²) in [6.07, 6.45) is -0.545. The Balaban J connectivity index is 0.00000541. The van der Waals surface area contributed by atoms with Gasteiger partial charge in [-0.15, -0.1) is 35.7 Å². The van der Waals surface area contributed by atoms with Crippen molar-refractivity contribution in [2.45, 2.75) is 43.8 Å². The Labute approximate surface area is 329 Å². The van der Waals surface area contributed by atoms with Crippen molar-refractivity contribution >= 4 is 82.8 Å². The normalized spacial score (nSPS) is 17.4. The van der Waals surface area contributed by atoms with Crippen LogP contribution in [0.4, 0.5) is 4.79 Å². The first kappa shape index (κ1) is 39.6. The van der Waals surface area contributed by atoms with Gasteiger partial charge in [-0.1, -0.05) is 60.7 Å². The molecule has 4 aromatic rings. The molecule has 1 unspecified atom stereocenters. The lowest BCUT2D eigenvalue weighted by atomic mass is 10.0. The van der Waals surface area contributed by atoms with Gasteiger partial charge in [-0.05, 0) is 74.9 Å². The second kappa shape index (κ2) is 16.2.